The van der Waals surface area contributed by atoms with Gasteiger partial charge in [0, 0.05) is 34.1 Å². The molecule has 2 bridgehead atoms. The molecule has 0 saturated heterocycles. The first-order chi connectivity index (χ1) is 28.2. The average molecular weight is 795 g/mol. The lowest BCUT2D eigenvalue weighted by Gasteiger charge is -2.47. The molecular formula is C57H71BN2. The lowest BCUT2D eigenvalue weighted by atomic mass is 9.33. The molecule has 312 valence electrons. The monoisotopic (exact) mass is 795 g/mol. The van der Waals surface area contributed by atoms with Crippen LogP contribution in [0.2, 0.25) is 0 Å². The molecule has 0 radical (unpaired) electrons. The summed E-state index contributed by atoms with van der Waals surface area (Å²) in [6, 6.07) is 39.5. The Morgan fingerprint density at radius 2 is 1.18 bits per heavy atom. The van der Waals surface area contributed by atoms with E-state index in [0.717, 1.165) is 18.3 Å². The Morgan fingerprint density at radius 1 is 0.567 bits per heavy atom. The maximum atomic E-state index is 2.72. The van der Waals surface area contributed by atoms with Gasteiger partial charge in [-0.15, -0.1) is 0 Å². The molecule has 2 nitrogen and oxygen atoms in total. The van der Waals surface area contributed by atoms with Gasteiger partial charge in [0.1, 0.15) is 0 Å². The van der Waals surface area contributed by atoms with Crippen LogP contribution >= 0.6 is 0 Å². The summed E-state index contributed by atoms with van der Waals surface area (Å²) >= 11 is 0. The van der Waals surface area contributed by atoms with Crippen LogP contribution in [0, 0.1) is 11.8 Å². The van der Waals surface area contributed by atoms with Crippen LogP contribution in [0.15, 0.2) is 97.1 Å². The highest BCUT2D eigenvalue weighted by molar-refractivity contribution is 7.00. The van der Waals surface area contributed by atoms with Crippen molar-refractivity contribution in [2.75, 3.05) is 9.80 Å². The smallest absolute Gasteiger partial charge is 0.252 e. The second-order valence-corrected chi connectivity index (χ2v) is 23.3. The molecule has 60 heavy (non-hydrogen) atoms. The first-order valence-corrected chi connectivity index (χ1v) is 23.5. The third-order valence-electron chi connectivity index (χ3n) is 15.8. The number of hydrogen-bond donors (Lipinski definition) is 0. The van der Waals surface area contributed by atoms with Crippen LogP contribution in [0.5, 0.6) is 0 Å². The largest absolute Gasteiger partial charge is 0.311 e. The third-order valence-corrected chi connectivity index (χ3v) is 15.8. The Hall–Kier alpha value is -4.24. The van der Waals surface area contributed by atoms with Gasteiger partial charge in [0.05, 0.1) is 0 Å². The summed E-state index contributed by atoms with van der Waals surface area (Å²) in [4.78, 5) is 5.38. The van der Waals surface area contributed by atoms with Gasteiger partial charge < -0.3 is 9.80 Å². The molecule has 9 rings (SSSR count). The summed E-state index contributed by atoms with van der Waals surface area (Å²) in [7, 11) is 0. The van der Waals surface area contributed by atoms with Crippen molar-refractivity contribution in [2.45, 2.75) is 162 Å². The zero-order valence-corrected chi connectivity index (χ0v) is 39.3. The standard InChI is InChI=1S/C57H71BN2/c1-14-37-29-38-27-28-57(35-37,36-38)43-33-50-52-51(34-43)60(45-18-16-17-42(30-45)56(12,13)15-2)49-32-41(55(9,10)11)21-25-46(49)58(52)47-31-40(54(6,7)8)22-26-48(47)59(50)44-23-19-39(20-24-44)53(3,4)5/h16-26,30-34,37-38H,14-15,27-29,35-36H2,1-13H3. The highest BCUT2D eigenvalue weighted by Gasteiger charge is 2.49. The summed E-state index contributed by atoms with van der Waals surface area (Å²) in [5, 5.41) is 0. The lowest BCUT2D eigenvalue weighted by Crippen LogP contribution is -2.61. The maximum absolute atomic E-state index is 2.72. The zero-order chi connectivity index (χ0) is 42.7. The predicted molar refractivity (Wildman–Crippen MR) is 262 cm³/mol. The number of benzene rings is 5. The van der Waals surface area contributed by atoms with Gasteiger partial charge in [0.25, 0.3) is 6.71 Å². The molecule has 0 amide bonds. The molecule has 2 fully saturated rings. The first-order valence-electron chi connectivity index (χ1n) is 23.5. The van der Waals surface area contributed by atoms with Crippen LogP contribution in [-0.2, 0) is 27.1 Å². The van der Waals surface area contributed by atoms with Gasteiger partial charge in [-0.25, -0.2) is 0 Å². The van der Waals surface area contributed by atoms with Gasteiger partial charge in [-0.3, -0.25) is 0 Å². The average Bonchev–Trinajstić information content (AvgIpc) is 3.53. The van der Waals surface area contributed by atoms with Gasteiger partial charge in [0.2, 0.25) is 0 Å². The van der Waals surface area contributed by atoms with E-state index in [4.69, 9.17) is 0 Å². The quantitative estimate of drug-likeness (QED) is 0.155. The van der Waals surface area contributed by atoms with Crippen LogP contribution in [0.3, 0.4) is 0 Å². The van der Waals surface area contributed by atoms with E-state index in [0.29, 0.717) is 0 Å². The molecule has 3 heteroatoms. The molecule has 2 heterocycles. The predicted octanol–water partition coefficient (Wildman–Crippen LogP) is 14.2. The fraction of sp³-hybridized carbons (Fsp3) is 0.474. The number of fused-ring (bicyclic) bond motifs is 6. The van der Waals surface area contributed by atoms with E-state index in [1.54, 1.807) is 5.56 Å². The molecule has 5 aromatic rings. The maximum Gasteiger partial charge on any atom is 0.252 e. The minimum absolute atomic E-state index is 0.00894. The van der Waals surface area contributed by atoms with Crippen molar-refractivity contribution >= 4 is 57.2 Å². The summed E-state index contributed by atoms with van der Waals surface area (Å²) < 4.78 is 0. The summed E-state index contributed by atoms with van der Waals surface area (Å²) in [6.07, 6.45) is 9.06. The van der Waals surface area contributed by atoms with Gasteiger partial charge in [-0.05, 0) is 170 Å². The van der Waals surface area contributed by atoms with E-state index < -0.39 is 0 Å². The van der Waals surface area contributed by atoms with Crippen molar-refractivity contribution in [3.63, 3.8) is 0 Å². The minimum atomic E-state index is 0.00894. The van der Waals surface area contributed by atoms with E-state index in [1.807, 2.05) is 0 Å². The molecule has 2 saturated carbocycles. The summed E-state index contributed by atoms with van der Waals surface area (Å²) in [5.74, 6) is 1.63. The zero-order valence-electron chi connectivity index (χ0n) is 39.3. The molecule has 5 aromatic carbocycles. The number of anilines is 6. The Labute approximate surface area is 364 Å². The second kappa shape index (κ2) is 14.2. The number of rotatable bonds is 6. The second-order valence-electron chi connectivity index (χ2n) is 23.3. The Morgan fingerprint density at radius 3 is 1.82 bits per heavy atom. The van der Waals surface area contributed by atoms with Crippen molar-refractivity contribution in [3.8, 4) is 0 Å². The highest BCUT2D eigenvalue weighted by atomic mass is 15.2. The molecule has 2 aliphatic carbocycles. The fourth-order valence-electron chi connectivity index (χ4n) is 11.6. The third kappa shape index (κ3) is 6.76. The molecule has 4 aliphatic rings. The molecule has 2 aliphatic heterocycles. The molecular weight excluding hydrogens is 723 g/mol. The molecule has 3 unspecified atom stereocenters. The lowest BCUT2D eigenvalue weighted by molar-refractivity contribution is 0.220. The summed E-state index contributed by atoms with van der Waals surface area (Å²) in [5.41, 5.74) is 19.6. The molecule has 0 N–H and O–H groups in total. The van der Waals surface area contributed by atoms with Gasteiger partial charge in [0.15, 0.2) is 0 Å². The molecule has 0 spiro atoms. The van der Waals surface area contributed by atoms with E-state index in [9.17, 15) is 0 Å². The number of hydrogen-bond acceptors (Lipinski definition) is 2. The van der Waals surface area contributed by atoms with E-state index in [-0.39, 0.29) is 33.8 Å². The Kier molecular flexibility index (Phi) is 9.70. The highest BCUT2D eigenvalue weighted by Crippen LogP contribution is 2.57. The van der Waals surface area contributed by atoms with Gasteiger partial charge in [-0.1, -0.05) is 145 Å². The summed E-state index contributed by atoms with van der Waals surface area (Å²) in [6.45, 7) is 30.9. The van der Waals surface area contributed by atoms with E-state index in [1.165, 1.54) is 111 Å². The van der Waals surface area contributed by atoms with Crippen LogP contribution in [0.4, 0.5) is 34.1 Å². The fourth-order valence-corrected chi connectivity index (χ4v) is 11.6. The van der Waals surface area contributed by atoms with Crippen LogP contribution in [0.25, 0.3) is 0 Å². The Balaban J connectivity index is 1.40. The van der Waals surface area contributed by atoms with Crippen LogP contribution in [0.1, 0.15) is 163 Å². The van der Waals surface area contributed by atoms with Crippen LogP contribution < -0.4 is 26.2 Å². The van der Waals surface area contributed by atoms with Gasteiger partial charge >= 0.3 is 0 Å². The number of nitrogens with zero attached hydrogens (tertiary/aromatic N) is 2. The molecule has 0 aromatic heterocycles. The van der Waals surface area contributed by atoms with Crippen molar-refractivity contribution in [1.29, 1.82) is 0 Å². The van der Waals surface area contributed by atoms with Crippen molar-refractivity contribution in [2.24, 2.45) is 11.8 Å². The van der Waals surface area contributed by atoms with Crippen LogP contribution in [-0.4, -0.2) is 6.71 Å². The molecule has 3 atom stereocenters. The van der Waals surface area contributed by atoms with Gasteiger partial charge in [-0.2, -0.15) is 0 Å². The normalized spacial score (nSPS) is 21.2. The minimum Gasteiger partial charge on any atom is -0.311 e. The SMILES string of the molecule is CCC1CC2CCC(c3cc4c5c(c3)N(c3cccc(C(C)(C)CC)c3)c3cc(C(C)(C)C)ccc3B5c3cc(C(C)(C)C)ccc3N4c3ccc(C(C)(C)C)cc3)(C1)C2. The first kappa shape index (κ1) is 41.1. The topological polar surface area (TPSA) is 6.48 Å². The van der Waals surface area contributed by atoms with E-state index >= 15 is 0 Å². The van der Waals surface area contributed by atoms with E-state index in [2.05, 4.69) is 197 Å². The van der Waals surface area contributed by atoms with Crippen molar-refractivity contribution in [1.82, 2.24) is 0 Å². The van der Waals surface area contributed by atoms with Crippen molar-refractivity contribution < 1.29 is 0 Å². The Bertz CT molecular complexity index is 2450. The van der Waals surface area contributed by atoms with Crippen molar-refractivity contribution in [3.05, 3.63) is 125 Å².